The van der Waals surface area contributed by atoms with Crippen molar-refractivity contribution in [1.82, 2.24) is 14.5 Å². The summed E-state index contributed by atoms with van der Waals surface area (Å²) in [6.07, 6.45) is 5.07. The first-order valence-electron chi connectivity index (χ1n) is 14.1. The largest absolute Gasteiger partial charge is 0.543 e. The lowest BCUT2D eigenvalue weighted by atomic mass is 9.89. The van der Waals surface area contributed by atoms with Gasteiger partial charge < -0.3 is 30.8 Å². The van der Waals surface area contributed by atoms with E-state index in [0.717, 1.165) is 22.2 Å². The summed E-state index contributed by atoms with van der Waals surface area (Å²) in [5.41, 5.74) is 12.5. The lowest BCUT2D eigenvalue weighted by Crippen LogP contribution is -2.63. The van der Waals surface area contributed by atoms with Gasteiger partial charge in [0.1, 0.15) is 28.8 Å². The molecule has 0 bridgehead atoms. The Hall–Kier alpha value is -4.51. The van der Waals surface area contributed by atoms with E-state index in [-0.39, 0.29) is 73.8 Å². The van der Waals surface area contributed by atoms with Crippen molar-refractivity contribution in [1.29, 1.82) is 5.41 Å². The van der Waals surface area contributed by atoms with Gasteiger partial charge in [-0.2, -0.15) is 0 Å². The van der Waals surface area contributed by atoms with Gasteiger partial charge in [-0.15, -0.1) is 11.8 Å². The topological polar surface area (TPSA) is 197 Å². The SMILES string of the molecule is CO/N=C(\C(=O)C[C@@H]1C(=O)N2C(C(=O)[O-])=C(C[n+]3ccc4c(ccn4Cc4c(F)cc(C(=N)N)cc4Cl)c3)CS[C@H]12)c1nc(N)sc1Cl. The van der Waals surface area contributed by atoms with Crippen LogP contribution >= 0.6 is 46.3 Å². The molecule has 4 aromatic rings. The van der Waals surface area contributed by atoms with Gasteiger partial charge in [0.25, 0.3) is 0 Å². The number of Topliss-reactive ketones (excluding diaryl/α,β-unsaturated/α-hetero) is 1. The normalized spacial score (nSPS) is 17.8. The molecular formula is C30H25Cl2FN8O5S2. The van der Waals surface area contributed by atoms with Gasteiger partial charge in [0, 0.05) is 46.2 Å². The van der Waals surface area contributed by atoms with Crippen LogP contribution in [-0.2, 0) is 32.3 Å². The van der Waals surface area contributed by atoms with E-state index in [0.29, 0.717) is 5.57 Å². The molecular weight excluding hydrogens is 706 g/mol. The van der Waals surface area contributed by atoms with E-state index in [1.165, 1.54) is 35.9 Å². The lowest BCUT2D eigenvalue weighted by Gasteiger charge is -2.50. The van der Waals surface area contributed by atoms with Crippen molar-refractivity contribution in [2.75, 3.05) is 18.6 Å². The number of ketones is 1. The number of hydrogen-bond acceptors (Lipinski definition) is 11. The fourth-order valence-corrected chi connectivity index (χ4v) is 8.33. The van der Waals surface area contributed by atoms with Crippen LogP contribution in [0.15, 0.2) is 59.3 Å². The number of fused-ring (bicyclic) bond motifs is 2. The number of amidine groups is 1. The van der Waals surface area contributed by atoms with Crippen LogP contribution in [0.3, 0.4) is 0 Å². The second-order valence-electron chi connectivity index (χ2n) is 10.9. The molecule has 2 aliphatic heterocycles. The maximum absolute atomic E-state index is 14.8. The number of nitrogens with two attached hydrogens (primary N) is 2. The number of carbonyl (C=O) groups excluding carboxylic acids is 3. The van der Waals surface area contributed by atoms with E-state index in [1.54, 1.807) is 23.0 Å². The highest BCUT2D eigenvalue weighted by atomic mass is 35.5. The number of thioether (sulfide) groups is 1. The number of carboxylic acid groups (broad SMARTS) is 1. The number of nitrogen functional groups attached to an aromatic ring is 2. The number of pyridine rings is 1. The summed E-state index contributed by atoms with van der Waals surface area (Å²) in [5, 5.41) is 24.1. The van der Waals surface area contributed by atoms with Gasteiger partial charge >= 0.3 is 0 Å². The van der Waals surface area contributed by atoms with Crippen molar-refractivity contribution in [3.05, 3.63) is 86.1 Å². The van der Waals surface area contributed by atoms with E-state index in [1.807, 2.05) is 16.8 Å². The number of oxime groups is 1. The van der Waals surface area contributed by atoms with Crippen LogP contribution in [-0.4, -0.2) is 61.9 Å². The van der Waals surface area contributed by atoms with Crippen LogP contribution in [0.25, 0.3) is 10.9 Å². The minimum absolute atomic E-state index is 0.0483. The minimum Gasteiger partial charge on any atom is -0.543 e. The van der Waals surface area contributed by atoms with Crippen LogP contribution in [0.5, 0.6) is 0 Å². The molecule has 0 unspecified atom stereocenters. The highest BCUT2D eigenvalue weighted by Crippen LogP contribution is 2.45. The van der Waals surface area contributed by atoms with Gasteiger partial charge in [-0.05, 0) is 18.2 Å². The molecule has 13 nitrogen and oxygen atoms in total. The number of aromatic nitrogens is 3. The van der Waals surface area contributed by atoms with E-state index >= 15 is 0 Å². The average Bonchev–Trinajstić information content (AvgIpc) is 3.60. The highest BCUT2D eigenvalue weighted by molar-refractivity contribution is 8.00. The molecule has 1 aromatic carbocycles. The van der Waals surface area contributed by atoms with Gasteiger partial charge in [-0.1, -0.05) is 39.7 Å². The maximum atomic E-state index is 14.8. The van der Waals surface area contributed by atoms with Gasteiger partial charge in [-0.25, -0.2) is 13.9 Å². The molecule has 0 radical (unpaired) electrons. The highest BCUT2D eigenvalue weighted by Gasteiger charge is 2.53. The smallest absolute Gasteiger partial charge is 0.234 e. The predicted octanol–water partition coefficient (Wildman–Crippen LogP) is 2.29. The molecule has 5 N–H and O–H groups in total. The Morgan fingerprint density at radius 1 is 1.31 bits per heavy atom. The monoisotopic (exact) mass is 730 g/mol. The third-order valence-electron chi connectivity index (χ3n) is 7.95. The van der Waals surface area contributed by atoms with Gasteiger partial charge in [0.2, 0.25) is 5.91 Å². The Balaban J connectivity index is 1.19. The van der Waals surface area contributed by atoms with Crippen molar-refractivity contribution >= 4 is 91.5 Å². The quantitative estimate of drug-likeness (QED) is 0.0682. The number of thiazole rings is 1. The van der Waals surface area contributed by atoms with Crippen molar-refractivity contribution in [2.24, 2.45) is 16.8 Å². The number of amides is 1. The zero-order chi connectivity index (χ0) is 34.4. The van der Waals surface area contributed by atoms with E-state index in [2.05, 4.69) is 10.1 Å². The van der Waals surface area contributed by atoms with Crippen LogP contribution in [0, 0.1) is 17.1 Å². The summed E-state index contributed by atoms with van der Waals surface area (Å²) in [5.74, 6) is -3.99. The second kappa shape index (κ2) is 13.2. The van der Waals surface area contributed by atoms with Crippen molar-refractivity contribution in [2.45, 2.75) is 24.9 Å². The molecule has 248 valence electrons. The molecule has 3 aromatic heterocycles. The molecule has 18 heteroatoms. The molecule has 6 rings (SSSR count). The van der Waals surface area contributed by atoms with Crippen molar-refractivity contribution < 1.29 is 33.3 Å². The van der Waals surface area contributed by atoms with Gasteiger partial charge in [0.05, 0.1) is 40.4 Å². The molecule has 2 aliphatic rings. The van der Waals surface area contributed by atoms with Crippen molar-refractivity contribution in [3.8, 4) is 0 Å². The zero-order valence-corrected chi connectivity index (χ0v) is 28.1. The molecule has 1 amide bonds. The Morgan fingerprint density at radius 2 is 2.08 bits per heavy atom. The number of nitrogens with zero attached hydrogens (tertiary/aromatic N) is 5. The first-order chi connectivity index (χ1) is 22.9. The number of nitrogens with one attached hydrogen (secondary N) is 1. The fraction of sp³-hybridized carbons (Fsp3) is 0.233. The zero-order valence-electron chi connectivity index (χ0n) is 24.9. The molecule has 0 saturated carbocycles. The molecule has 0 aliphatic carbocycles. The maximum Gasteiger partial charge on any atom is 0.234 e. The van der Waals surface area contributed by atoms with Crippen molar-refractivity contribution in [3.63, 3.8) is 0 Å². The number of halogens is 3. The number of β-lactam (4-membered cyclic amide) rings is 1. The molecule has 5 heterocycles. The fourth-order valence-electron chi connectivity index (χ4n) is 5.73. The minimum atomic E-state index is -1.50. The Labute approximate surface area is 290 Å². The van der Waals surface area contributed by atoms with Crippen LogP contribution in [0.4, 0.5) is 9.52 Å². The number of carbonyl (C=O) groups is 3. The summed E-state index contributed by atoms with van der Waals surface area (Å²) in [4.78, 5) is 48.9. The molecule has 2 atom stereocenters. The number of rotatable bonds is 11. The first-order valence-corrected chi connectivity index (χ1v) is 16.7. The summed E-state index contributed by atoms with van der Waals surface area (Å²) < 4.78 is 18.6. The Bertz CT molecular complexity index is 2070. The lowest BCUT2D eigenvalue weighted by molar-refractivity contribution is -0.687. The van der Waals surface area contributed by atoms with Crippen LogP contribution < -0.4 is 21.1 Å². The summed E-state index contributed by atoms with van der Waals surface area (Å²) in [6, 6.07) is 6.25. The van der Waals surface area contributed by atoms with E-state index in [4.69, 9.17) is 44.9 Å². The first kappa shape index (κ1) is 33.4. The third-order valence-corrected chi connectivity index (χ3v) is 10.8. The number of benzene rings is 1. The van der Waals surface area contributed by atoms with Crippen LogP contribution in [0.2, 0.25) is 9.36 Å². The Kier molecular flexibility index (Phi) is 9.17. The van der Waals surface area contributed by atoms with Gasteiger partial charge in [0.15, 0.2) is 35.6 Å². The molecule has 1 fully saturated rings. The van der Waals surface area contributed by atoms with Crippen LogP contribution in [0.1, 0.15) is 23.2 Å². The number of carboxylic acids is 1. The average molecular weight is 732 g/mol. The summed E-state index contributed by atoms with van der Waals surface area (Å²) >= 11 is 14.8. The predicted molar refractivity (Wildman–Crippen MR) is 177 cm³/mol. The van der Waals surface area contributed by atoms with E-state index in [9.17, 15) is 23.9 Å². The molecule has 48 heavy (non-hydrogen) atoms. The van der Waals surface area contributed by atoms with Gasteiger partial charge in [-0.3, -0.25) is 19.9 Å². The third kappa shape index (κ3) is 6.11. The molecule has 0 spiro atoms. The summed E-state index contributed by atoms with van der Waals surface area (Å²) in [7, 11) is 1.25. The number of hydrogen-bond donors (Lipinski definition) is 3. The van der Waals surface area contributed by atoms with E-state index < -0.39 is 34.8 Å². The Morgan fingerprint density at radius 3 is 2.73 bits per heavy atom. The second-order valence-corrected chi connectivity index (χ2v) is 14.1. The standard InChI is InChI=1S/C30H25Cl2FN8O5S2/c1-46-38-22(23-25(32)48-30(36)37-23)21(42)8-16-27(43)41-24(29(44)45)15(12-47-28(16)41)10-39-4-3-20-13(9-39)2-5-40(20)11-17-18(31)6-14(26(34)35)7-19(17)33/h2-7,9,16,28H,8,10-12H2,1H3,(H5-,34,35,36,37,44,45)/b38-22+/t16-,28-/m1/s1. The number of aliphatic carboxylic acids is 1. The number of anilines is 1. The summed E-state index contributed by atoms with van der Waals surface area (Å²) in [6.45, 7) is 0.275. The molecule has 1 saturated heterocycles.